The number of esters is 1. The van der Waals surface area contributed by atoms with E-state index < -0.39 is 0 Å². The monoisotopic (exact) mass is 239 g/mol. The summed E-state index contributed by atoms with van der Waals surface area (Å²) in [6.07, 6.45) is 6.06. The molecule has 1 heterocycles. The third kappa shape index (κ3) is 2.82. The lowest BCUT2D eigenvalue weighted by atomic mass is 9.78. The molecule has 3 nitrogen and oxygen atoms in total. The molecule has 0 radical (unpaired) electrons. The van der Waals surface area contributed by atoms with Crippen molar-refractivity contribution in [1.29, 1.82) is 0 Å². The van der Waals surface area contributed by atoms with E-state index in [1.165, 1.54) is 39.2 Å². The Morgan fingerprint density at radius 3 is 2.41 bits per heavy atom. The molecule has 1 atom stereocenters. The van der Waals surface area contributed by atoms with Gasteiger partial charge in [-0.3, -0.25) is 9.69 Å². The van der Waals surface area contributed by atoms with Gasteiger partial charge in [-0.05, 0) is 50.1 Å². The maximum Gasteiger partial charge on any atom is 0.323 e. The van der Waals surface area contributed by atoms with Crippen LogP contribution in [0.1, 0.15) is 46.0 Å². The Kier molecular flexibility index (Phi) is 3.76. The lowest BCUT2D eigenvalue weighted by Crippen LogP contribution is -2.49. The highest BCUT2D eigenvalue weighted by atomic mass is 16.5. The molecule has 0 aromatic carbocycles. The summed E-state index contributed by atoms with van der Waals surface area (Å²) in [6, 6.07) is 0.0430. The summed E-state index contributed by atoms with van der Waals surface area (Å²) in [4.78, 5) is 14.2. The molecule has 2 aliphatic rings. The van der Waals surface area contributed by atoms with E-state index in [2.05, 4.69) is 18.7 Å². The number of hydrogen-bond acceptors (Lipinski definition) is 3. The van der Waals surface area contributed by atoms with Crippen LogP contribution in [0.25, 0.3) is 0 Å². The Morgan fingerprint density at radius 2 is 2.00 bits per heavy atom. The molecule has 3 heteroatoms. The predicted molar refractivity (Wildman–Crippen MR) is 67.7 cm³/mol. The van der Waals surface area contributed by atoms with E-state index in [0.717, 1.165) is 13.1 Å². The maximum atomic E-state index is 11.9. The summed E-state index contributed by atoms with van der Waals surface area (Å²) in [6.45, 7) is 6.75. The molecule has 0 aromatic heterocycles. The van der Waals surface area contributed by atoms with Crippen molar-refractivity contribution in [3.8, 4) is 0 Å². The number of piperidine rings is 1. The van der Waals surface area contributed by atoms with E-state index in [4.69, 9.17) is 4.74 Å². The van der Waals surface area contributed by atoms with Crippen LogP contribution in [-0.4, -0.2) is 37.1 Å². The first-order chi connectivity index (χ1) is 8.09. The molecule has 0 spiro atoms. The second-order valence-corrected chi connectivity index (χ2v) is 6.01. The maximum absolute atomic E-state index is 11.9. The molecule has 0 N–H and O–H groups in total. The molecular weight excluding hydrogens is 214 g/mol. The summed E-state index contributed by atoms with van der Waals surface area (Å²) < 4.78 is 4.96. The molecule has 1 aliphatic carbocycles. The van der Waals surface area contributed by atoms with Gasteiger partial charge in [-0.2, -0.15) is 0 Å². The Labute approximate surface area is 105 Å². The number of likely N-dealkylation sites (tertiary alicyclic amines) is 1. The molecule has 2 rings (SSSR count). The molecule has 2 fully saturated rings. The van der Waals surface area contributed by atoms with Crippen LogP contribution in [0.3, 0.4) is 0 Å². The Balaban J connectivity index is 1.95. The zero-order valence-corrected chi connectivity index (χ0v) is 11.4. The zero-order chi connectivity index (χ0) is 12.5. The second kappa shape index (κ2) is 4.97. The van der Waals surface area contributed by atoms with Gasteiger partial charge in [-0.25, -0.2) is 0 Å². The van der Waals surface area contributed by atoms with Gasteiger partial charge in [0, 0.05) is 0 Å². The molecule has 1 saturated carbocycles. The van der Waals surface area contributed by atoms with Gasteiger partial charge in [0.15, 0.2) is 0 Å². The molecule has 0 aromatic rings. The van der Waals surface area contributed by atoms with Gasteiger partial charge in [0.2, 0.25) is 0 Å². The van der Waals surface area contributed by atoms with Crippen LogP contribution < -0.4 is 0 Å². The van der Waals surface area contributed by atoms with Crippen LogP contribution in [-0.2, 0) is 9.53 Å². The Morgan fingerprint density at radius 1 is 1.41 bits per heavy atom. The van der Waals surface area contributed by atoms with Crippen LogP contribution in [0.4, 0.5) is 0 Å². The van der Waals surface area contributed by atoms with E-state index in [-0.39, 0.29) is 12.0 Å². The highest BCUT2D eigenvalue weighted by Gasteiger charge is 2.43. The second-order valence-electron chi connectivity index (χ2n) is 6.01. The highest BCUT2D eigenvalue weighted by molar-refractivity contribution is 5.76. The van der Waals surface area contributed by atoms with Gasteiger partial charge < -0.3 is 4.74 Å². The van der Waals surface area contributed by atoms with Crippen LogP contribution in [0.15, 0.2) is 0 Å². The largest absolute Gasteiger partial charge is 0.468 e. The van der Waals surface area contributed by atoms with Gasteiger partial charge >= 0.3 is 5.97 Å². The van der Waals surface area contributed by atoms with Crippen molar-refractivity contribution in [3.63, 3.8) is 0 Å². The van der Waals surface area contributed by atoms with Crippen LogP contribution in [0, 0.1) is 11.3 Å². The molecular formula is C14H25NO2. The van der Waals surface area contributed by atoms with Crippen molar-refractivity contribution >= 4 is 5.97 Å². The minimum Gasteiger partial charge on any atom is -0.468 e. The minimum atomic E-state index is -0.0207. The molecule has 1 unspecified atom stereocenters. The summed E-state index contributed by atoms with van der Waals surface area (Å²) >= 11 is 0. The summed E-state index contributed by atoms with van der Waals surface area (Å²) in [7, 11) is 1.51. The van der Waals surface area contributed by atoms with E-state index in [1.807, 2.05) is 0 Å². The van der Waals surface area contributed by atoms with Crippen molar-refractivity contribution in [2.45, 2.75) is 52.0 Å². The topological polar surface area (TPSA) is 29.5 Å². The smallest absolute Gasteiger partial charge is 0.323 e. The van der Waals surface area contributed by atoms with Crippen molar-refractivity contribution in [2.75, 3.05) is 20.2 Å². The van der Waals surface area contributed by atoms with Crippen LogP contribution in [0.2, 0.25) is 0 Å². The summed E-state index contributed by atoms with van der Waals surface area (Å²) in [5, 5.41) is 0. The van der Waals surface area contributed by atoms with Crippen LogP contribution >= 0.6 is 0 Å². The SMILES string of the molecule is CCC1(C)CCN(C(C(=O)OC)C2CC2)CC1. The van der Waals surface area contributed by atoms with E-state index in [9.17, 15) is 4.79 Å². The summed E-state index contributed by atoms with van der Waals surface area (Å²) in [5.41, 5.74) is 0.487. The van der Waals surface area contributed by atoms with Gasteiger partial charge in [-0.1, -0.05) is 20.3 Å². The first kappa shape index (κ1) is 12.9. The van der Waals surface area contributed by atoms with Crippen molar-refractivity contribution in [1.82, 2.24) is 4.90 Å². The van der Waals surface area contributed by atoms with E-state index in [1.54, 1.807) is 0 Å². The van der Waals surface area contributed by atoms with Gasteiger partial charge in [0.05, 0.1) is 7.11 Å². The first-order valence-corrected chi connectivity index (χ1v) is 6.91. The number of rotatable bonds is 4. The third-order valence-electron chi connectivity index (χ3n) is 4.76. The predicted octanol–water partition coefficient (Wildman–Crippen LogP) is 2.45. The number of ether oxygens (including phenoxy) is 1. The average Bonchev–Trinajstić information content (AvgIpc) is 3.16. The molecule has 98 valence electrons. The fourth-order valence-corrected chi connectivity index (χ4v) is 2.87. The normalized spacial score (nSPS) is 26.5. The van der Waals surface area contributed by atoms with Crippen molar-refractivity contribution in [3.05, 3.63) is 0 Å². The van der Waals surface area contributed by atoms with Crippen molar-refractivity contribution < 1.29 is 9.53 Å². The molecule has 17 heavy (non-hydrogen) atoms. The van der Waals surface area contributed by atoms with Gasteiger partial charge in [0.1, 0.15) is 6.04 Å². The lowest BCUT2D eigenvalue weighted by molar-refractivity contribution is -0.149. The van der Waals surface area contributed by atoms with E-state index >= 15 is 0 Å². The fraction of sp³-hybridized carbons (Fsp3) is 0.929. The third-order valence-corrected chi connectivity index (χ3v) is 4.76. The Bertz CT molecular complexity index is 278. The van der Waals surface area contributed by atoms with Crippen LogP contribution in [0.5, 0.6) is 0 Å². The molecule has 0 amide bonds. The summed E-state index contributed by atoms with van der Waals surface area (Å²) in [5.74, 6) is 0.543. The fourth-order valence-electron chi connectivity index (χ4n) is 2.87. The highest BCUT2D eigenvalue weighted by Crippen LogP contribution is 2.40. The quantitative estimate of drug-likeness (QED) is 0.706. The number of nitrogens with zero attached hydrogens (tertiary/aromatic N) is 1. The standard InChI is InChI=1S/C14H25NO2/c1-4-14(2)7-9-15(10-8-14)12(11-5-6-11)13(16)17-3/h11-12H,4-10H2,1-3H3. The van der Waals surface area contributed by atoms with Crippen molar-refractivity contribution in [2.24, 2.45) is 11.3 Å². The number of methoxy groups -OCH3 is 1. The lowest BCUT2D eigenvalue weighted by Gasteiger charge is -2.41. The first-order valence-electron chi connectivity index (χ1n) is 6.91. The van der Waals surface area contributed by atoms with Gasteiger partial charge in [-0.15, -0.1) is 0 Å². The Hall–Kier alpha value is -0.570. The average molecular weight is 239 g/mol. The minimum absolute atomic E-state index is 0.0207. The molecule has 1 saturated heterocycles. The molecule has 1 aliphatic heterocycles. The molecule has 0 bridgehead atoms. The number of hydrogen-bond donors (Lipinski definition) is 0. The van der Waals surface area contributed by atoms with E-state index in [0.29, 0.717) is 11.3 Å². The number of carbonyl (C=O) groups is 1. The zero-order valence-electron chi connectivity index (χ0n) is 11.4. The van der Waals surface area contributed by atoms with Gasteiger partial charge in [0.25, 0.3) is 0 Å². The number of carbonyl (C=O) groups excluding carboxylic acids is 1.